The predicted molar refractivity (Wildman–Crippen MR) is 72.1 cm³/mol. The van der Waals surface area contributed by atoms with Crippen LogP contribution in [0.2, 0.25) is 0 Å². The molecule has 0 N–H and O–H groups in total. The van der Waals surface area contributed by atoms with Crippen molar-refractivity contribution in [3.8, 4) is 17.3 Å². The molecule has 3 aromatic rings. The minimum atomic E-state index is 0. The van der Waals surface area contributed by atoms with Crippen molar-refractivity contribution in [3.63, 3.8) is 0 Å². The summed E-state index contributed by atoms with van der Waals surface area (Å²) in [5.74, 6) is 0.525. The first-order chi connectivity index (χ1) is 9.16. The SMILES string of the molecule is Cc1cc(C)c(-n2cn[c-]c2-c2ncco2)c(C)c1.[Ir]. The summed E-state index contributed by atoms with van der Waals surface area (Å²) in [5.41, 5.74) is 5.47. The molecule has 1 radical (unpaired) electrons. The van der Waals surface area contributed by atoms with Crippen LogP contribution in [0.3, 0.4) is 0 Å². The number of rotatable bonds is 2. The van der Waals surface area contributed by atoms with Crippen LogP contribution in [0, 0.1) is 27.0 Å². The molecule has 0 bridgehead atoms. The van der Waals surface area contributed by atoms with Crippen molar-refractivity contribution in [1.29, 1.82) is 0 Å². The van der Waals surface area contributed by atoms with Gasteiger partial charge in [0.05, 0.1) is 6.26 Å². The fourth-order valence-electron chi connectivity index (χ4n) is 2.47. The first kappa shape index (κ1) is 14.7. The predicted octanol–water partition coefficient (Wildman–Crippen LogP) is 3.25. The Bertz CT molecular complexity index is 694. The van der Waals surface area contributed by atoms with Crippen LogP contribution in [0.4, 0.5) is 0 Å². The molecule has 0 aliphatic heterocycles. The summed E-state index contributed by atoms with van der Waals surface area (Å²) < 4.78 is 7.31. The molecule has 0 amide bonds. The van der Waals surface area contributed by atoms with Gasteiger partial charge < -0.3 is 14.0 Å². The molecule has 0 aliphatic rings. The van der Waals surface area contributed by atoms with E-state index in [0.29, 0.717) is 5.89 Å². The van der Waals surface area contributed by atoms with Gasteiger partial charge in [0.1, 0.15) is 5.89 Å². The summed E-state index contributed by atoms with van der Waals surface area (Å²) in [6, 6.07) is 4.31. The Labute approximate surface area is 131 Å². The van der Waals surface area contributed by atoms with Gasteiger partial charge >= 0.3 is 0 Å². The van der Waals surface area contributed by atoms with E-state index in [1.54, 1.807) is 18.8 Å². The molecule has 0 atom stereocenters. The summed E-state index contributed by atoms with van der Waals surface area (Å²) in [7, 11) is 0. The van der Waals surface area contributed by atoms with Crippen molar-refractivity contribution in [1.82, 2.24) is 14.5 Å². The van der Waals surface area contributed by atoms with Crippen LogP contribution in [0.5, 0.6) is 0 Å². The Balaban J connectivity index is 0.00000147. The second-order valence-electron chi connectivity index (χ2n) is 4.66. The van der Waals surface area contributed by atoms with Gasteiger partial charge in [-0.25, -0.2) is 0 Å². The fraction of sp³-hybridized carbons (Fsp3) is 0.200. The Kier molecular flexibility index (Phi) is 4.21. The first-order valence-corrected chi connectivity index (χ1v) is 6.10. The molecule has 0 aliphatic carbocycles. The third-order valence-corrected chi connectivity index (χ3v) is 3.10. The van der Waals surface area contributed by atoms with Gasteiger partial charge in [-0.3, -0.25) is 4.98 Å². The van der Waals surface area contributed by atoms with Gasteiger partial charge in [-0.1, -0.05) is 17.7 Å². The van der Waals surface area contributed by atoms with Crippen LogP contribution in [-0.4, -0.2) is 14.5 Å². The number of benzene rings is 1. The molecule has 3 rings (SSSR count). The quantitative estimate of drug-likeness (QED) is 0.570. The zero-order chi connectivity index (χ0) is 13.4. The van der Waals surface area contributed by atoms with Gasteiger partial charge in [-0.05, 0) is 44.4 Å². The monoisotopic (exact) mass is 445 g/mol. The van der Waals surface area contributed by atoms with E-state index in [4.69, 9.17) is 4.42 Å². The van der Waals surface area contributed by atoms with E-state index in [2.05, 4.69) is 49.1 Å². The molecule has 5 heteroatoms. The van der Waals surface area contributed by atoms with Crippen molar-refractivity contribution in [3.05, 3.63) is 53.8 Å². The van der Waals surface area contributed by atoms with Crippen LogP contribution in [0.15, 0.2) is 35.3 Å². The molecule has 2 aromatic heterocycles. The van der Waals surface area contributed by atoms with Crippen LogP contribution in [0.25, 0.3) is 17.3 Å². The minimum Gasteiger partial charge on any atom is -0.501 e. The van der Waals surface area contributed by atoms with Gasteiger partial charge in [0.15, 0.2) is 0 Å². The summed E-state index contributed by atoms with van der Waals surface area (Å²) in [6.45, 7) is 6.28. The summed E-state index contributed by atoms with van der Waals surface area (Å²) in [4.78, 5) is 8.26. The van der Waals surface area contributed by atoms with E-state index >= 15 is 0 Å². The third kappa shape index (κ3) is 2.47. The molecule has 20 heavy (non-hydrogen) atoms. The van der Waals surface area contributed by atoms with Crippen molar-refractivity contribution in [2.45, 2.75) is 20.8 Å². The number of imidazole rings is 1. The van der Waals surface area contributed by atoms with E-state index in [-0.39, 0.29) is 20.1 Å². The van der Waals surface area contributed by atoms with Crippen LogP contribution < -0.4 is 0 Å². The van der Waals surface area contributed by atoms with Crippen molar-refractivity contribution >= 4 is 0 Å². The maximum absolute atomic E-state index is 5.34. The first-order valence-electron chi connectivity index (χ1n) is 6.10. The molecular weight excluding hydrogens is 430 g/mol. The average Bonchev–Trinajstić information content (AvgIpc) is 2.96. The molecule has 0 spiro atoms. The normalized spacial score (nSPS) is 10.3. The summed E-state index contributed by atoms with van der Waals surface area (Å²) >= 11 is 0. The number of oxazole rings is 1. The molecule has 0 saturated heterocycles. The molecule has 105 valence electrons. The molecular formula is C15H14IrN3O-. The van der Waals surface area contributed by atoms with Crippen molar-refractivity contribution < 1.29 is 24.5 Å². The molecule has 0 unspecified atom stereocenters. The van der Waals surface area contributed by atoms with Gasteiger partial charge in [0, 0.05) is 37.7 Å². The smallest absolute Gasteiger partial charge is 0.139 e. The summed E-state index contributed by atoms with van der Waals surface area (Å²) in [5, 5.41) is 0. The molecule has 0 fully saturated rings. The maximum Gasteiger partial charge on any atom is 0.139 e. The largest absolute Gasteiger partial charge is 0.501 e. The fourth-order valence-corrected chi connectivity index (χ4v) is 2.47. The number of hydrogen-bond acceptors (Lipinski definition) is 3. The van der Waals surface area contributed by atoms with E-state index in [1.165, 1.54) is 16.7 Å². The van der Waals surface area contributed by atoms with Crippen molar-refractivity contribution in [2.75, 3.05) is 0 Å². The minimum absolute atomic E-state index is 0. The average molecular weight is 445 g/mol. The molecule has 4 nitrogen and oxygen atoms in total. The van der Waals surface area contributed by atoms with Gasteiger partial charge in [0.2, 0.25) is 0 Å². The van der Waals surface area contributed by atoms with Gasteiger partial charge in [0.25, 0.3) is 0 Å². The standard InChI is InChI=1S/C15H14N3O.Ir/c1-10-6-11(2)14(12(3)7-10)18-9-16-8-13(18)15-17-4-5-19-15;/h4-7,9H,1-3H3;/q-1;. The Morgan fingerprint density at radius 1 is 1.15 bits per heavy atom. The van der Waals surface area contributed by atoms with E-state index in [1.807, 2.05) is 4.57 Å². The van der Waals surface area contributed by atoms with E-state index in [0.717, 1.165) is 11.4 Å². The second-order valence-corrected chi connectivity index (χ2v) is 4.66. The van der Waals surface area contributed by atoms with Crippen molar-refractivity contribution in [2.24, 2.45) is 0 Å². The number of aryl methyl sites for hydroxylation is 3. The summed E-state index contributed by atoms with van der Waals surface area (Å²) in [6.07, 6.45) is 7.84. The van der Waals surface area contributed by atoms with E-state index in [9.17, 15) is 0 Å². The zero-order valence-electron chi connectivity index (χ0n) is 11.5. The van der Waals surface area contributed by atoms with Crippen LogP contribution >= 0.6 is 0 Å². The Morgan fingerprint density at radius 2 is 1.85 bits per heavy atom. The number of hydrogen-bond donors (Lipinski definition) is 0. The Morgan fingerprint density at radius 3 is 2.45 bits per heavy atom. The Hall–Kier alpha value is -1.71. The third-order valence-electron chi connectivity index (χ3n) is 3.10. The van der Waals surface area contributed by atoms with Gasteiger partial charge in [-0.2, -0.15) is 0 Å². The molecule has 1 aromatic carbocycles. The molecule has 0 saturated carbocycles. The van der Waals surface area contributed by atoms with Crippen LogP contribution in [0.1, 0.15) is 16.7 Å². The number of aromatic nitrogens is 3. The number of nitrogens with zero attached hydrogens (tertiary/aromatic N) is 3. The second kappa shape index (κ2) is 5.73. The zero-order valence-corrected chi connectivity index (χ0v) is 13.9. The van der Waals surface area contributed by atoms with Crippen LogP contribution in [-0.2, 0) is 20.1 Å². The maximum atomic E-state index is 5.34. The topological polar surface area (TPSA) is 43.9 Å². The van der Waals surface area contributed by atoms with Gasteiger partial charge in [-0.15, -0.1) is 0 Å². The molecule has 2 heterocycles. The van der Waals surface area contributed by atoms with E-state index < -0.39 is 0 Å².